The lowest BCUT2D eigenvalue weighted by Crippen LogP contribution is -2.37. The van der Waals surface area contributed by atoms with E-state index in [0.717, 1.165) is 24.8 Å². The molecule has 0 amide bonds. The second-order valence-corrected chi connectivity index (χ2v) is 7.53. The highest BCUT2D eigenvalue weighted by molar-refractivity contribution is 7.88. The van der Waals surface area contributed by atoms with Gasteiger partial charge in [0.05, 0.1) is 12.8 Å². The summed E-state index contributed by atoms with van der Waals surface area (Å²) in [6.07, 6.45) is -2.13. The van der Waals surface area contributed by atoms with Crippen LogP contribution in [0.5, 0.6) is 5.75 Å². The smallest absolute Gasteiger partial charge is 0.406 e. The SMILES string of the molecule is CS(=O)(=O)N1CCC[C@@H]1CN=C(N)Nc1ccc(OC(F)(F)F)cc1. The number of rotatable bonds is 5. The molecule has 0 bridgehead atoms. The first-order valence-electron chi connectivity index (χ1n) is 7.44. The van der Waals surface area contributed by atoms with Gasteiger partial charge in [0.15, 0.2) is 5.96 Å². The first kappa shape index (κ1) is 19.3. The predicted octanol–water partition coefficient (Wildman–Crippen LogP) is 1.74. The zero-order chi connectivity index (χ0) is 18.7. The van der Waals surface area contributed by atoms with E-state index in [1.165, 1.54) is 16.4 Å². The fraction of sp³-hybridized carbons (Fsp3) is 0.500. The van der Waals surface area contributed by atoms with Crippen molar-refractivity contribution in [3.05, 3.63) is 24.3 Å². The van der Waals surface area contributed by atoms with Crippen LogP contribution in [0.15, 0.2) is 29.3 Å². The van der Waals surface area contributed by atoms with Gasteiger partial charge in [0.2, 0.25) is 10.0 Å². The molecule has 0 radical (unpaired) electrons. The number of halogens is 3. The van der Waals surface area contributed by atoms with Crippen LogP contribution in [-0.2, 0) is 10.0 Å². The highest BCUT2D eigenvalue weighted by atomic mass is 32.2. The van der Waals surface area contributed by atoms with Gasteiger partial charge >= 0.3 is 6.36 Å². The fourth-order valence-corrected chi connectivity index (χ4v) is 3.73. The second-order valence-electron chi connectivity index (χ2n) is 5.59. The average molecular weight is 380 g/mol. The summed E-state index contributed by atoms with van der Waals surface area (Å²) in [6, 6.07) is 4.78. The third-order valence-corrected chi connectivity index (χ3v) is 4.91. The molecular formula is C14H19F3N4O3S. The van der Waals surface area contributed by atoms with Gasteiger partial charge in [-0.1, -0.05) is 0 Å². The topological polar surface area (TPSA) is 97.0 Å². The van der Waals surface area contributed by atoms with Crippen LogP contribution < -0.4 is 15.8 Å². The summed E-state index contributed by atoms with van der Waals surface area (Å²) < 4.78 is 64.7. The Morgan fingerprint density at radius 2 is 2.04 bits per heavy atom. The number of hydrogen-bond acceptors (Lipinski definition) is 4. The summed E-state index contributed by atoms with van der Waals surface area (Å²) in [7, 11) is -3.28. The molecule has 1 heterocycles. The molecule has 0 aromatic heterocycles. The molecule has 1 aliphatic heterocycles. The molecule has 140 valence electrons. The van der Waals surface area contributed by atoms with Crippen molar-refractivity contribution in [2.24, 2.45) is 10.7 Å². The molecule has 1 aromatic carbocycles. The Bertz CT molecular complexity index is 720. The van der Waals surface area contributed by atoms with Crippen molar-refractivity contribution in [2.75, 3.05) is 24.7 Å². The van der Waals surface area contributed by atoms with Crippen molar-refractivity contribution in [2.45, 2.75) is 25.2 Å². The van der Waals surface area contributed by atoms with Crippen molar-refractivity contribution in [3.63, 3.8) is 0 Å². The molecule has 0 aliphatic carbocycles. The molecule has 1 saturated heterocycles. The third kappa shape index (κ3) is 6.09. The fourth-order valence-electron chi connectivity index (χ4n) is 2.56. The Morgan fingerprint density at radius 3 is 2.60 bits per heavy atom. The maximum Gasteiger partial charge on any atom is 0.573 e. The third-order valence-electron chi connectivity index (χ3n) is 3.58. The van der Waals surface area contributed by atoms with E-state index in [0.29, 0.717) is 18.7 Å². The number of guanidine groups is 1. The lowest BCUT2D eigenvalue weighted by Gasteiger charge is -2.20. The normalized spacial score (nSPS) is 19.8. The summed E-state index contributed by atoms with van der Waals surface area (Å²) in [6.45, 7) is 0.675. The van der Waals surface area contributed by atoms with Gasteiger partial charge in [0.25, 0.3) is 0 Å². The van der Waals surface area contributed by atoms with Gasteiger partial charge in [-0.25, -0.2) is 8.42 Å². The van der Waals surface area contributed by atoms with Crippen LogP contribution in [0, 0.1) is 0 Å². The zero-order valence-corrected chi connectivity index (χ0v) is 14.3. The van der Waals surface area contributed by atoms with Crippen molar-refractivity contribution >= 4 is 21.7 Å². The van der Waals surface area contributed by atoms with Crippen LogP contribution in [-0.4, -0.2) is 50.4 Å². The van der Waals surface area contributed by atoms with Crippen molar-refractivity contribution < 1.29 is 26.3 Å². The molecule has 25 heavy (non-hydrogen) atoms. The van der Waals surface area contributed by atoms with Gasteiger partial charge in [0.1, 0.15) is 5.75 Å². The van der Waals surface area contributed by atoms with Crippen LogP contribution in [0.1, 0.15) is 12.8 Å². The standard InChI is InChI=1S/C14H19F3N4O3S/c1-25(22,23)21-8-2-3-11(21)9-19-13(18)20-10-4-6-12(7-5-10)24-14(15,16)17/h4-7,11H,2-3,8-9H2,1H3,(H3,18,19,20)/t11-/m1/s1. The molecule has 3 N–H and O–H groups in total. The van der Waals surface area contributed by atoms with Crippen molar-refractivity contribution in [1.29, 1.82) is 0 Å². The molecule has 1 aromatic rings. The number of benzene rings is 1. The quantitative estimate of drug-likeness (QED) is 0.599. The Hall–Kier alpha value is -2.01. The van der Waals surface area contributed by atoms with Crippen molar-refractivity contribution in [1.82, 2.24) is 4.31 Å². The summed E-state index contributed by atoms with van der Waals surface area (Å²) in [4.78, 5) is 4.11. The summed E-state index contributed by atoms with van der Waals surface area (Å²) in [5, 5.41) is 2.73. The molecule has 0 spiro atoms. The molecule has 1 aliphatic rings. The number of nitrogens with zero attached hydrogens (tertiary/aromatic N) is 2. The van der Waals surface area contributed by atoms with E-state index in [9.17, 15) is 21.6 Å². The zero-order valence-electron chi connectivity index (χ0n) is 13.5. The van der Waals surface area contributed by atoms with Crippen LogP contribution in [0.2, 0.25) is 0 Å². The number of anilines is 1. The molecule has 7 nitrogen and oxygen atoms in total. The van der Waals surface area contributed by atoms with Gasteiger partial charge < -0.3 is 15.8 Å². The number of sulfonamides is 1. The monoisotopic (exact) mass is 380 g/mol. The van der Waals surface area contributed by atoms with Crippen LogP contribution in [0.3, 0.4) is 0 Å². The second kappa shape index (κ2) is 7.48. The molecule has 1 atom stereocenters. The van der Waals surface area contributed by atoms with E-state index in [1.807, 2.05) is 0 Å². The first-order valence-corrected chi connectivity index (χ1v) is 9.29. The number of ether oxygens (including phenoxy) is 1. The predicted molar refractivity (Wildman–Crippen MR) is 87.8 cm³/mol. The summed E-state index contributed by atoms with van der Waals surface area (Å²) >= 11 is 0. The average Bonchev–Trinajstić information content (AvgIpc) is 2.94. The molecule has 2 rings (SSSR count). The van der Waals surface area contributed by atoms with Crippen LogP contribution >= 0.6 is 0 Å². The number of alkyl halides is 3. The lowest BCUT2D eigenvalue weighted by atomic mass is 10.2. The van der Waals surface area contributed by atoms with E-state index in [1.54, 1.807) is 0 Å². The number of nitrogens with one attached hydrogen (secondary N) is 1. The van der Waals surface area contributed by atoms with E-state index in [4.69, 9.17) is 5.73 Å². The Morgan fingerprint density at radius 1 is 1.40 bits per heavy atom. The summed E-state index contributed by atoms with van der Waals surface area (Å²) in [5.74, 6) is -0.298. The van der Waals surface area contributed by atoms with E-state index < -0.39 is 16.4 Å². The first-order chi connectivity index (χ1) is 11.5. The molecule has 0 saturated carbocycles. The molecule has 11 heteroatoms. The Labute approximate surface area is 143 Å². The number of aliphatic imine (C=N–C) groups is 1. The van der Waals surface area contributed by atoms with Crippen molar-refractivity contribution in [3.8, 4) is 5.75 Å². The number of hydrogen-bond donors (Lipinski definition) is 2. The van der Waals surface area contributed by atoms with E-state index >= 15 is 0 Å². The van der Waals surface area contributed by atoms with Crippen LogP contribution in [0.25, 0.3) is 0 Å². The minimum atomic E-state index is -4.75. The number of nitrogens with two attached hydrogens (primary N) is 1. The van der Waals surface area contributed by atoms with Gasteiger partial charge in [-0.3, -0.25) is 4.99 Å². The van der Waals surface area contributed by atoms with Gasteiger partial charge in [-0.15, -0.1) is 13.2 Å². The van der Waals surface area contributed by atoms with E-state index in [2.05, 4.69) is 15.0 Å². The molecule has 0 unspecified atom stereocenters. The van der Waals surface area contributed by atoms with E-state index in [-0.39, 0.29) is 24.3 Å². The van der Waals surface area contributed by atoms with Crippen LogP contribution in [0.4, 0.5) is 18.9 Å². The summed E-state index contributed by atoms with van der Waals surface area (Å²) in [5.41, 5.74) is 6.17. The lowest BCUT2D eigenvalue weighted by molar-refractivity contribution is -0.274. The maximum atomic E-state index is 12.1. The Kier molecular flexibility index (Phi) is 5.78. The molecule has 1 fully saturated rings. The maximum absolute atomic E-state index is 12.1. The highest BCUT2D eigenvalue weighted by Crippen LogP contribution is 2.24. The molecular weight excluding hydrogens is 361 g/mol. The van der Waals surface area contributed by atoms with Gasteiger partial charge in [-0.2, -0.15) is 4.31 Å². The Balaban J connectivity index is 1.93. The van der Waals surface area contributed by atoms with Gasteiger partial charge in [0, 0.05) is 18.3 Å². The highest BCUT2D eigenvalue weighted by Gasteiger charge is 2.31. The van der Waals surface area contributed by atoms with Gasteiger partial charge in [-0.05, 0) is 37.1 Å². The largest absolute Gasteiger partial charge is 0.573 e. The minimum Gasteiger partial charge on any atom is -0.406 e. The minimum absolute atomic E-state index is 0.0461.